The molecule has 12 aromatic rings. The van der Waals surface area contributed by atoms with Gasteiger partial charge in [0.1, 0.15) is 41.5 Å². The number of methoxy groups -OCH3 is 4. The molecule has 784 valence electrons. The number of hydrogen-bond acceptors (Lipinski definition) is 10. The Bertz CT molecular complexity index is 6750. The lowest BCUT2D eigenvalue weighted by atomic mass is 9.92. The molecule has 4 saturated heterocycles. The molecule has 4 atom stereocenters. The Balaban J connectivity index is 0.000000165. The SMILES string of the molecule is COc1cc(F)c(C(C)C)cc1-c1ccc(C(F)(F)F)cc1CN1CC(c2cc(C(F)(F)F)cc(C(F)(F)F)c2)OC1=O.COc1ccc(C(C)C)cc1-c1ccc(C(F)(F)F)cc1CN1C(=O)OC[C@@H]1Cc1ccccc1.COc1ccc(C(C)C)cc1-c1ccc(C(F)(F)F)cc1CN1CC(c2ccc(F)c(F)c2)CC1=O.COc1ccc(C(C)C)cc1-c1ccc(C(F)(F)F)cc1CN1CC(c2ccccc2)CC1=O. The summed E-state index contributed by atoms with van der Waals surface area (Å²) in [5, 5.41) is 0. The van der Waals surface area contributed by atoms with Gasteiger partial charge in [-0.2, -0.15) is 79.0 Å². The van der Waals surface area contributed by atoms with E-state index in [1.165, 1.54) is 67.5 Å². The van der Waals surface area contributed by atoms with Crippen molar-refractivity contribution in [2.45, 2.75) is 186 Å². The number of rotatable bonds is 25. The normalized spacial score (nSPS) is 16.2. The van der Waals surface area contributed by atoms with Gasteiger partial charge < -0.3 is 38.2 Å². The summed E-state index contributed by atoms with van der Waals surface area (Å²) in [7, 11) is 5.80. The molecule has 4 fully saturated rings. The number of likely N-dealkylation sites (tertiary alicyclic amines) is 2. The maximum atomic E-state index is 14.7. The zero-order valence-electron chi connectivity index (χ0n) is 82.2. The molecule has 148 heavy (non-hydrogen) atoms. The van der Waals surface area contributed by atoms with E-state index in [4.69, 9.17) is 28.4 Å². The number of carbonyl (C=O) groups excluding carboxylic acids is 4. The van der Waals surface area contributed by atoms with E-state index in [0.29, 0.717) is 98.8 Å². The molecule has 0 radical (unpaired) electrons. The second-order valence-corrected chi connectivity index (χ2v) is 37.6. The van der Waals surface area contributed by atoms with Crippen LogP contribution in [0.3, 0.4) is 0 Å². The van der Waals surface area contributed by atoms with Gasteiger partial charge in [0.25, 0.3) is 0 Å². The summed E-state index contributed by atoms with van der Waals surface area (Å²) in [6.07, 6.45) is -31.0. The second-order valence-electron chi connectivity index (χ2n) is 37.6. The van der Waals surface area contributed by atoms with Crippen molar-refractivity contribution >= 4 is 24.0 Å². The van der Waals surface area contributed by atoms with Crippen molar-refractivity contribution in [1.29, 1.82) is 0 Å². The lowest BCUT2D eigenvalue weighted by Crippen LogP contribution is -2.34. The number of carbonyl (C=O) groups is 4. The Morgan fingerprint density at radius 3 is 1.06 bits per heavy atom. The third-order valence-electron chi connectivity index (χ3n) is 26.3. The number of ether oxygens (including phenoxy) is 6. The van der Waals surface area contributed by atoms with Gasteiger partial charge in [0, 0.05) is 85.7 Å². The van der Waals surface area contributed by atoms with Crippen LogP contribution in [0.2, 0.25) is 0 Å². The molecular formula is C113H105F21N4O10. The van der Waals surface area contributed by atoms with Crippen molar-refractivity contribution in [3.8, 4) is 67.5 Å². The zero-order chi connectivity index (χ0) is 108. The highest BCUT2D eigenvalue weighted by atomic mass is 19.4. The van der Waals surface area contributed by atoms with Crippen LogP contribution < -0.4 is 18.9 Å². The van der Waals surface area contributed by atoms with Gasteiger partial charge in [-0.3, -0.25) is 19.4 Å². The molecule has 4 amide bonds. The first-order valence-corrected chi connectivity index (χ1v) is 47.1. The number of amides is 4. The minimum atomic E-state index is -5.14. The van der Waals surface area contributed by atoms with Crippen molar-refractivity contribution in [1.82, 2.24) is 19.6 Å². The minimum absolute atomic E-state index is 0.00928. The molecule has 0 saturated carbocycles. The molecular weight excluding hydrogens is 1970 g/mol. The van der Waals surface area contributed by atoms with Gasteiger partial charge in [0.15, 0.2) is 11.6 Å². The van der Waals surface area contributed by atoms with Crippen LogP contribution in [0.5, 0.6) is 23.0 Å². The molecule has 0 N–H and O–H groups in total. The number of alkyl halides is 18. The van der Waals surface area contributed by atoms with E-state index in [9.17, 15) is 111 Å². The van der Waals surface area contributed by atoms with Crippen molar-refractivity contribution in [3.05, 3.63) is 354 Å². The number of halogens is 21. The highest BCUT2D eigenvalue weighted by molar-refractivity contribution is 5.84. The van der Waals surface area contributed by atoms with E-state index in [-0.39, 0.29) is 127 Å². The van der Waals surface area contributed by atoms with Gasteiger partial charge in [0.05, 0.1) is 81.0 Å². The number of cyclic esters (lactones) is 2. The molecule has 0 bridgehead atoms. The fraction of sp³-hybridized carbons (Fsp3) is 0.327. The summed E-state index contributed by atoms with van der Waals surface area (Å²) in [4.78, 5) is 56.5. The van der Waals surface area contributed by atoms with Crippen molar-refractivity contribution < 1.29 is 140 Å². The average molecular weight is 2080 g/mol. The monoisotopic (exact) mass is 2080 g/mol. The highest BCUT2D eigenvalue weighted by Gasteiger charge is 2.44. The van der Waals surface area contributed by atoms with Gasteiger partial charge in [-0.05, 0) is 240 Å². The van der Waals surface area contributed by atoms with Crippen molar-refractivity contribution in [2.75, 3.05) is 54.7 Å². The topological polar surface area (TPSA) is 137 Å². The molecule has 4 heterocycles. The smallest absolute Gasteiger partial charge is 0.416 e. The van der Waals surface area contributed by atoms with Gasteiger partial charge in [-0.1, -0.05) is 165 Å². The maximum Gasteiger partial charge on any atom is 0.416 e. The first kappa shape index (κ1) is 111. The molecule has 0 aromatic heterocycles. The van der Waals surface area contributed by atoms with Crippen molar-refractivity contribution in [3.63, 3.8) is 0 Å². The number of nitrogens with zero attached hydrogens (tertiary/aromatic N) is 4. The van der Waals surface area contributed by atoms with E-state index in [1.807, 2.05) is 137 Å². The van der Waals surface area contributed by atoms with E-state index in [1.54, 1.807) is 31.9 Å². The van der Waals surface area contributed by atoms with Crippen LogP contribution in [-0.4, -0.2) is 104 Å². The zero-order valence-corrected chi connectivity index (χ0v) is 82.2. The lowest BCUT2D eigenvalue weighted by molar-refractivity contribution is -0.143. The summed E-state index contributed by atoms with van der Waals surface area (Å²) in [6.45, 7) is 15.4. The Morgan fingerprint density at radius 1 is 0.318 bits per heavy atom. The van der Waals surface area contributed by atoms with Crippen LogP contribution in [0, 0.1) is 17.5 Å². The first-order chi connectivity index (χ1) is 69.6. The molecule has 12 aromatic carbocycles. The standard InChI is InChI=1S/C29H23F10NO3.C28H26F5NO2.C28H28F3NO3.C28H28F3NO2/c1-14(2)21-10-22(24(42-3)11-23(21)30)20-5-4-17(27(31,32)33)8-16(20)12-40-13-25(43-26(40)41)15-6-18(28(34,35)36)9-19(7-15)29(37,38)39;1-16(2)17-5-9-26(36-3)23(11-17)22-7-6-21(28(31,32)33)10-20(22)15-34-14-19(13-27(34)35)18-4-8-24(29)25(30)12-18;1-18(2)20-9-12-26(34-3)25(15-20)24-11-10-22(28(29,30)31)14-21(24)16-32-23(17-35-27(32)33)13-19-7-5-4-6-8-19;1-18(2)20-9-12-26(34-3)25(14-20)24-11-10-23(28(29,30)31)13-22(24)17-32-16-21(15-27(32)33)19-7-5-4-6-8-19/h4-11,14,25H,12-13H2,1-3H3;4-12,16,19H,13-15H2,1-3H3;4-12,14-15,18,23H,13,16-17H2,1-3H3;4-14,18,21H,15-17H2,1-3H3/t;;23-;/m..0./s1. The predicted octanol–water partition coefficient (Wildman–Crippen LogP) is 30.8. The van der Waals surface area contributed by atoms with Crippen LogP contribution in [0.15, 0.2) is 237 Å². The fourth-order valence-electron chi connectivity index (χ4n) is 18.2. The minimum Gasteiger partial charge on any atom is -0.496 e. The Hall–Kier alpha value is -14.2. The highest BCUT2D eigenvalue weighted by Crippen LogP contribution is 2.49. The van der Waals surface area contributed by atoms with E-state index < -0.39 is 125 Å². The Labute approximate surface area is 841 Å². The van der Waals surface area contributed by atoms with Gasteiger partial charge in [-0.25, -0.2) is 22.8 Å². The molecule has 35 heteroatoms. The summed E-state index contributed by atoms with van der Waals surface area (Å²) in [6, 6.07) is 56.5. The molecule has 0 spiro atoms. The van der Waals surface area contributed by atoms with E-state index in [2.05, 4.69) is 13.8 Å². The maximum absolute atomic E-state index is 14.7. The van der Waals surface area contributed by atoms with Gasteiger partial charge in [-0.15, -0.1) is 0 Å². The Morgan fingerprint density at radius 2 is 0.689 bits per heavy atom. The molecule has 0 aliphatic carbocycles. The van der Waals surface area contributed by atoms with Crippen molar-refractivity contribution in [2.24, 2.45) is 0 Å². The largest absolute Gasteiger partial charge is 0.496 e. The fourth-order valence-corrected chi connectivity index (χ4v) is 18.2. The molecule has 3 unspecified atom stereocenters. The molecule has 4 aliphatic heterocycles. The molecule has 14 nitrogen and oxygen atoms in total. The van der Waals surface area contributed by atoms with Crippen LogP contribution in [0.25, 0.3) is 44.5 Å². The van der Waals surface area contributed by atoms with E-state index >= 15 is 0 Å². The summed E-state index contributed by atoms with van der Waals surface area (Å²) >= 11 is 0. The molecule has 4 aliphatic rings. The third-order valence-corrected chi connectivity index (χ3v) is 26.3. The summed E-state index contributed by atoms with van der Waals surface area (Å²) in [5.41, 5.74) is 3.87. The molecule has 16 rings (SSSR count). The van der Waals surface area contributed by atoms with E-state index in [0.717, 1.165) is 105 Å². The van der Waals surface area contributed by atoms with Crippen LogP contribution >= 0.6 is 0 Å². The van der Waals surface area contributed by atoms with Crippen LogP contribution in [-0.2, 0) is 88.7 Å². The lowest BCUT2D eigenvalue weighted by Gasteiger charge is -2.24. The first-order valence-electron chi connectivity index (χ1n) is 47.1. The number of benzene rings is 12. The number of hydrogen-bond donors (Lipinski definition) is 0. The van der Waals surface area contributed by atoms with Crippen LogP contribution in [0.4, 0.5) is 102 Å². The summed E-state index contributed by atoms with van der Waals surface area (Å²) < 4.78 is 318. The summed E-state index contributed by atoms with van der Waals surface area (Å²) in [5.74, 6) is -1.33. The van der Waals surface area contributed by atoms with Crippen LogP contribution in [0.1, 0.15) is 210 Å². The average Bonchev–Trinajstić information content (AvgIpc) is 1.32. The quantitative estimate of drug-likeness (QED) is 0.0509. The third kappa shape index (κ3) is 26.7. The Kier molecular flexibility index (Phi) is 34.3. The predicted molar refractivity (Wildman–Crippen MR) is 515 cm³/mol. The van der Waals surface area contributed by atoms with Gasteiger partial charge in [0.2, 0.25) is 11.8 Å². The second kappa shape index (κ2) is 45.7. The van der Waals surface area contributed by atoms with Gasteiger partial charge >= 0.3 is 49.2 Å².